The van der Waals surface area contributed by atoms with Crippen LogP contribution in [0.15, 0.2) is 0 Å². The lowest BCUT2D eigenvalue weighted by atomic mass is 10.0. The largest absolute Gasteiger partial charge is 0.389 e. The molecule has 0 saturated carbocycles. The maximum absolute atomic E-state index is 9.61. The third kappa shape index (κ3) is 9.13. The van der Waals surface area contributed by atoms with Crippen LogP contribution < -0.4 is 0 Å². The van der Waals surface area contributed by atoms with Crippen molar-refractivity contribution in [3.63, 3.8) is 0 Å². The fourth-order valence-electron chi connectivity index (χ4n) is 1.74. The summed E-state index contributed by atoms with van der Waals surface area (Å²) in [5.74, 6) is 0.659. The smallest absolute Gasteiger partial charge is 0.0899 e. The summed E-state index contributed by atoms with van der Waals surface area (Å²) in [5, 5.41) is 9.61. The predicted molar refractivity (Wildman–Crippen MR) is 68.7 cm³/mol. The van der Waals surface area contributed by atoms with Gasteiger partial charge in [0.15, 0.2) is 0 Å². The summed E-state index contributed by atoms with van der Waals surface area (Å²) in [7, 11) is 3.92. The molecule has 0 saturated heterocycles. The third-order valence-corrected chi connectivity index (χ3v) is 2.78. The maximum Gasteiger partial charge on any atom is 0.0899 e. The van der Waals surface area contributed by atoms with Gasteiger partial charge in [-0.3, -0.25) is 0 Å². The third-order valence-electron chi connectivity index (χ3n) is 2.78. The lowest BCUT2D eigenvalue weighted by Gasteiger charge is -2.18. The molecule has 0 bridgehead atoms. The Balaban J connectivity index is 3.53. The molecule has 0 radical (unpaired) electrons. The molecule has 0 aliphatic carbocycles. The molecular weight excluding hydrogens is 202 g/mol. The second-order valence-electron chi connectivity index (χ2n) is 4.87. The number of hydrogen-bond donors (Lipinski definition) is 1. The Morgan fingerprint density at radius 2 is 1.88 bits per heavy atom. The van der Waals surface area contributed by atoms with Gasteiger partial charge < -0.3 is 14.7 Å². The monoisotopic (exact) mass is 231 g/mol. The predicted octanol–water partition coefficient (Wildman–Crippen LogP) is 2.14. The standard InChI is InChI=1S/C13H29NO2/c1-5-7-8-12(6-2)10-16-11-13(15)9-14(3)4/h12-13,15H,5-11H2,1-4H3/t12-,13-/m0/s1. The highest BCUT2D eigenvalue weighted by atomic mass is 16.5. The topological polar surface area (TPSA) is 32.7 Å². The van der Waals surface area contributed by atoms with Crippen molar-refractivity contribution in [1.29, 1.82) is 0 Å². The highest BCUT2D eigenvalue weighted by molar-refractivity contribution is 4.60. The van der Waals surface area contributed by atoms with E-state index in [0.29, 0.717) is 19.1 Å². The molecule has 3 heteroatoms. The minimum absolute atomic E-state index is 0.362. The van der Waals surface area contributed by atoms with Gasteiger partial charge in [0, 0.05) is 13.2 Å². The number of hydrogen-bond acceptors (Lipinski definition) is 3. The van der Waals surface area contributed by atoms with Crippen LogP contribution >= 0.6 is 0 Å². The molecule has 0 aromatic carbocycles. The van der Waals surface area contributed by atoms with Crippen LogP contribution in [0.4, 0.5) is 0 Å². The number of ether oxygens (including phenoxy) is 1. The van der Waals surface area contributed by atoms with Gasteiger partial charge in [0.1, 0.15) is 0 Å². The zero-order valence-corrected chi connectivity index (χ0v) is 11.4. The number of nitrogens with zero attached hydrogens (tertiary/aromatic N) is 1. The highest BCUT2D eigenvalue weighted by Gasteiger charge is 2.09. The first-order chi connectivity index (χ1) is 7.60. The molecule has 0 aromatic heterocycles. The Kier molecular flexibility index (Phi) is 9.99. The van der Waals surface area contributed by atoms with Crippen LogP contribution in [0.2, 0.25) is 0 Å². The van der Waals surface area contributed by atoms with Crippen LogP contribution in [0.1, 0.15) is 39.5 Å². The van der Waals surface area contributed by atoms with Gasteiger partial charge in [-0.15, -0.1) is 0 Å². The molecule has 0 spiro atoms. The summed E-state index contributed by atoms with van der Waals surface area (Å²) in [4.78, 5) is 1.97. The Bertz CT molecular complexity index is 151. The lowest BCUT2D eigenvalue weighted by Crippen LogP contribution is -2.30. The summed E-state index contributed by atoms with van der Waals surface area (Å²) in [6, 6.07) is 0. The molecule has 0 unspecified atom stereocenters. The average molecular weight is 231 g/mol. The molecule has 0 rings (SSSR count). The fraction of sp³-hybridized carbons (Fsp3) is 1.00. The molecule has 0 heterocycles. The van der Waals surface area contributed by atoms with E-state index in [9.17, 15) is 5.11 Å². The number of aliphatic hydroxyl groups is 1. The van der Waals surface area contributed by atoms with Crippen LogP contribution in [-0.4, -0.2) is 50.0 Å². The Morgan fingerprint density at radius 1 is 1.19 bits per heavy atom. The zero-order chi connectivity index (χ0) is 12.4. The van der Waals surface area contributed by atoms with Gasteiger partial charge in [0.05, 0.1) is 12.7 Å². The van der Waals surface area contributed by atoms with Crippen LogP contribution in [-0.2, 0) is 4.74 Å². The summed E-state index contributed by atoms with van der Waals surface area (Å²) in [6.45, 7) is 6.35. The van der Waals surface area contributed by atoms with Crippen molar-refractivity contribution in [3.05, 3.63) is 0 Å². The molecule has 1 N–H and O–H groups in total. The van der Waals surface area contributed by atoms with Crippen molar-refractivity contribution in [3.8, 4) is 0 Å². The van der Waals surface area contributed by atoms with E-state index in [4.69, 9.17) is 4.74 Å². The molecule has 2 atom stereocenters. The van der Waals surface area contributed by atoms with Crippen LogP contribution in [0.5, 0.6) is 0 Å². The Labute approximate surface area is 101 Å². The van der Waals surface area contributed by atoms with E-state index in [-0.39, 0.29) is 6.10 Å². The van der Waals surface area contributed by atoms with Crippen molar-refractivity contribution in [2.45, 2.75) is 45.6 Å². The number of aliphatic hydroxyl groups excluding tert-OH is 1. The van der Waals surface area contributed by atoms with Crippen molar-refractivity contribution < 1.29 is 9.84 Å². The molecule has 0 aliphatic rings. The normalized spacial score (nSPS) is 15.4. The molecular formula is C13H29NO2. The van der Waals surface area contributed by atoms with Crippen molar-refractivity contribution in [2.75, 3.05) is 33.9 Å². The second-order valence-corrected chi connectivity index (χ2v) is 4.87. The van der Waals surface area contributed by atoms with E-state index >= 15 is 0 Å². The van der Waals surface area contributed by atoms with Gasteiger partial charge in [-0.25, -0.2) is 0 Å². The fourth-order valence-corrected chi connectivity index (χ4v) is 1.74. The van der Waals surface area contributed by atoms with E-state index < -0.39 is 0 Å². The minimum atomic E-state index is -0.362. The number of likely N-dealkylation sites (N-methyl/N-ethyl adjacent to an activating group) is 1. The summed E-state index contributed by atoms with van der Waals surface area (Å²) >= 11 is 0. The van der Waals surface area contributed by atoms with Crippen molar-refractivity contribution in [2.24, 2.45) is 5.92 Å². The minimum Gasteiger partial charge on any atom is -0.389 e. The number of rotatable bonds is 10. The van der Waals surface area contributed by atoms with E-state index in [1.54, 1.807) is 0 Å². The van der Waals surface area contributed by atoms with Gasteiger partial charge in [0.25, 0.3) is 0 Å². The second kappa shape index (κ2) is 10.1. The van der Waals surface area contributed by atoms with Gasteiger partial charge in [-0.1, -0.05) is 33.1 Å². The first kappa shape index (κ1) is 15.9. The molecule has 3 nitrogen and oxygen atoms in total. The SMILES string of the molecule is CCCC[C@H](CC)COC[C@@H](O)CN(C)C. The van der Waals surface area contributed by atoms with Crippen LogP contribution in [0.25, 0.3) is 0 Å². The van der Waals surface area contributed by atoms with Crippen molar-refractivity contribution in [1.82, 2.24) is 4.90 Å². The molecule has 0 aromatic rings. The Hall–Kier alpha value is -0.120. The number of unbranched alkanes of at least 4 members (excludes halogenated alkanes) is 1. The van der Waals surface area contributed by atoms with E-state index in [0.717, 1.165) is 6.61 Å². The molecule has 98 valence electrons. The van der Waals surface area contributed by atoms with Crippen LogP contribution in [0, 0.1) is 5.92 Å². The van der Waals surface area contributed by atoms with Gasteiger partial charge in [-0.05, 0) is 26.4 Å². The lowest BCUT2D eigenvalue weighted by molar-refractivity contribution is 0.00895. The van der Waals surface area contributed by atoms with Gasteiger partial charge >= 0.3 is 0 Å². The summed E-state index contributed by atoms with van der Waals surface area (Å²) < 4.78 is 5.57. The Morgan fingerprint density at radius 3 is 2.38 bits per heavy atom. The van der Waals surface area contributed by atoms with Gasteiger partial charge in [-0.2, -0.15) is 0 Å². The quantitative estimate of drug-likeness (QED) is 0.625. The molecule has 0 aliphatic heterocycles. The first-order valence-electron chi connectivity index (χ1n) is 6.50. The van der Waals surface area contributed by atoms with Gasteiger partial charge in [0.2, 0.25) is 0 Å². The summed E-state index contributed by atoms with van der Waals surface area (Å²) in [5.41, 5.74) is 0. The molecule has 16 heavy (non-hydrogen) atoms. The van der Waals surface area contributed by atoms with E-state index in [1.807, 2.05) is 19.0 Å². The summed E-state index contributed by atoms with van der Waals surface area (Å²) in [6.07, 6.45) is 4.58. The average Bonchev–Trinajstić information content (AvgIpc) is 2.22. The van der Waals surface area contributed by atoms with E-state index in [1.165, 1.54) is 25.7 Å². The molecule has 0 amide bonds. The zero-order valence-electron chi connectivity index (χ0n) is 11.4. The van der Waals surface area contributed by atoms with E-state index in [2.05, 4.69) is 13.8 Å². The maximum atomic E-state index is 9.61. The van der Waals surface area contributed by atoms with Crippen molar-refractivity contribution >= 4 is 0 Å². The first-order valence-corrected chi connectivity index (χ1v) is 6.50. The van der Waals surface area contributed by atoms with Crippen LogP contribution in [0.3, 0.4) is 0 Å². The highest BCUT2D eigenvalue weighted by Crippen LogP contribution is 2.12. The molecule has 0 fully saturated rings.